The van der Waals surface area contributed by atoms with Crippen LogP contribution in [0.3, 0.4) is 0 Å². The van der Waals surface area contributed by atoms with Crippen molar-refractivity contribution in [3.05, 3.63) is 47.5 Å². The molecule has 1 fully saturated rings. The SMILES string of the molecule is Cc1cc(C)nc(NC(=O)NC2CCN(C(=O)c3ccoc3)CC2)c1. The molecular weight excluding hydrogens is 320 g/mol. The number of amides is 3. The van der Waals surface area contributed by atoms with Gasteiger partial charge in [-0.05, 0) is 50.5 Å². The third-order valence-corrected chi connectivity index (χ3v) is 4.22. The Labute approximate surface area is 146 Å². The molecule has 1 aliphatic heterocycles. The van der Waals surface area contributed by atoms with Gasteiger partial charge in [0.25, 0.3) is 5.91 Å². The third kappa shape index (κ3) is 4.37. The minimum atomic E-state index is -0.267. The van der Waals surface area contributed by atoms with E-state index in [4.69, 9.17) is 4.42 Å². The average Bonchev–Trinajstić information content (AvgIpc) is 3.08. The van der Waals surface area contributed by atoms with Crippen molar-refractivity contribution in [2.75, 3.05) is 18.4 Å². The lowest BCUT2D eigenvalue weighted by atomic mass is 10.0. The number of likely N-dealkylation sites (tertiary alicyclic amines) is 1. The lowest BCUT2D eigenvalue weighted by Crippen LogP contribution is -2.47. The summed E-state index contributed by atoms with van der Waals surface area (Å²) in [6.45, 7) is 5.07. The number of aromatic nitrogens is 1. The second-order valence-electron chi connectivity index (χ2n) is 6.35. The van der Waals surface area contributed by atoms with E-state index in [1.807, 2.05) is 26.0 Å². The molecule has 2 N–H and O–H groups in total. The first-order chi connectivity index (χ1) is 12.0. The Balaban J connectivity index is 1.48. The molecule has 0 saturated carbocycles. The molecule has 0 spiro atoms. The van der Waals surface area contributed by atoms with Crippen LogP contribution in [0.1, 0.15) is 34.5 Å². The van der Waals surface area contributed by atoms with E-state index in [0.29, 0.717) is 24.5 Å². The van der Waals surface area contributed by atoms with Gasteiger partial charge in [-0.25, -0.2) is 9.78 Å². The molecule has 0 radical (unpaired) electrons. The van der Waals surface area contributed by atoms with Crippen molar-refractivity contribution in [3.8, 4) is 0 Å². The van der Waals surface area contributed by atoms with Gasteiger partial charge in [0.2, 0.25) is 0 Å². The predicted molar refractivity (Wildman–Crippen MR) is 93.5 cm³/mol. The van der Waals surface area contributed by atoms with E-state index >= 15 is 0 Å². The number of piperidine rings is 1. The summed E-state index contributed by atoms with van der Waals surface area (Å²) >= 11 is 0. The molecule has 2 aromatic rings. The summed E-state index contributed by atoms with van der Waals surface area (Å²) in [5.74, 6) is 0.513. The fourth-order valence-electron chi connectivity index (χ4n) is 3.04. The topological polar surface area (TPSA) is 87.5 Å². The van der Waals surface area contributed by atoms with Gasteiger partial charge in [0.15, 0.2) is 0 Å². The molecule has 3 rings (SSSR count). The number of hydrogen-bond acceptors (Lipinski definition) is 4. The number of nitrogens with zero attached hydrogens (tertiary/aromatic N) is 2. The first kappa shape index (κ1) is 17.0. The van der Waals surface area contributed by atoms with Crippen LogP contribution in [0.15, 0.2) is 35.1 Å². The van der Waals surface area contributed by atoms with Crippen LogP contribution in [-0.2, 0) is 0 Å². The second-order valence-corrected chi connectivity index (χ2v) is 6.35. The molecule has 0 bridgehead atoms. The van der Waals surface area contributed by atoms with Gasteiger partial charge in [-0.2, -0.15) is 0 Å². The van der Waals surface area contributed by atoms with E-state index in [0.717, 1.165) is 24.1 Å². The summed E-state index contributed by atoms with van der Waals surface area (Å²) in [5, 5.41) is 5.73. The Morgan fingerprint density at radius 2 is 2.00 bits per heavy atom. The molecule has 0 aliphatic carbocycles. The van der Waals surface area contributed by atoms with Gasteiger partial charge in [-0.1, -0.05) is 0 Å². The molecule has 2 aromatic heterocycles. The third-order valence-electron chi connectivity index (χ3n) is 4.22. The van der Waals surface area contributed by atoms with Crippen LogP contribution in [0.2, 0.25) is 0 Å². The van der Waals surface area contributed by atoms with Gasteiger partial charge in [0.05, 0.1) is 11.8 Å². The zero-order valence-corrected chi connectivity index (χ0v) is 14.4. The summed E-state index contributed by atoms with van der Waals surface area (Å²) in [6.07, 6.45) is 4.39. The molecule has 3 amide bonds. The Morgan fingerprint density at radius 3 is 2.64 bits per heavy atom. The minimum absolute atomic E-state index is 0.0314. The predicted octanol–water partition coefficient (Wildman–Crippen LogP) is 2.72. The van der Waals surface area contributed by atoms with E-state index in [1.165, 1.54) is 12.5 Å². The van der Waals surface area contributed by atoms with Crippen molar-refractivity contribution in [2.24, 2.45) is 0 Å². The van der Waals surface area contributed by atoms with Gasteiger partial charge >= 0.3 is 6.03 Å². The first-order valence-electron chi connectivity index (χ1n) is 8.35. The number of nitrogens with one attached hydrogen (secondary N) is 2. The van der Waals surface area contributed by atoms with Crippen LogP contribution < -0.4 is 10.6 Å². The van der Waals surface area contributed by atoms with Gasteiger partial charge in [-0.3, -0.25) is 10.1 Å². The highest BCUT2D eigenvalue weighted by atomic mass is 16.3. The van der Waals surface area contributed by atoms with E-state index in [1.54, 1.807) is 11.0 Å². The Hall–Kier alpha value is -2.83. The molecule has 7 heteroatoms. The summed E-state index contributed by atoms with van der Waals surface area (Å²) in [4.78, 5) is 30.5. The Morgan fingerprint density at radius 1 is 1.24 bits per heavy atom. The fraction of sp³-hybridized carbons (Fsp3) is 0.389. The number of furan rings is 1. The average molecular weight is 342 g/mol. The number of rotatable bonds is 3. The standard InChI is InChI=1S/C18H22N4O3/c1-12-9-13(2)19-16(10-12)21-18(24)20-15-3-6-22(7-4-15)17(23)14-5-8-25-11-14/h5,8-11,15H,3-4,6-7H2,1-2H3,(H2,19,20,21,24). The first-order valence-corrected chi connectivity index (χ1v) is 8.35. The molecule has 7 nitrogen and oxygen atoms in total. The quantitative estimate of drug-likeness (QED) is 0.898. The maximum absolute atomic E-state index is 12.3. The zero-order chi connectivity index (χ0) is 17.8. The van der Waals surface area contributed by atoms with Crippen LogP contribution in [0.5, 0.6) is 0 Å². The van der Waals surface area contributed by atoms with Crippen molar-refractivity contribution in [2.45, 2.75) is 32.7 Å². The fourth-order valence-corrected chi connectivity index (χ4v) is 3.04. The molecule has 0 unspecified atom stereocenters. The lowest BCUT2D eigenvalue weighted by molar-refractivity contribution is 0.0708. The number of carbonyl (C=O) groups is 2. The van der Waals surface area contributed by atoms with Gasteiger partial charge < -0.3 is 14.6 Å². The molecule has 0 aromatic carbocycles. The molecule has 132 valence electrons. The van der Waals surface area contributed by atoms with Crippen molar-refractivity contribution in [3.63, 3.8) is 0 Å². The van der Waals surface area contributed by atoms with E-state index in [-0.39, 0.29) is 18.0 Å². The van der Waals surface area contributed by atoms with Crippen molar-refractivity contribution >= 4 is 17.8 Å². The van der Waals surface area contributed by atoms with Gasteiger partial charge in [-0.15, -0.1) is 0 Å². The summed E-state index contributed by atoms with van der Waals surface area (Å²) < 4.78 is 4.95. The number of urea groups is 1. The van der Waals surface area contributed by atoms with E-state index < -0.39 is 0 Å². The van der Waals surface area contributed by atoms with E-state index in [2.05, 4.69) is 15.6 Å². The highest BCUT2D eigenvalue weighted by Gasteiger charge is 2.25. The minimum Gasteiger partial charge on any atom is -0.472 e. The summed E-state index contributed by atoms with van der Waals surface area (Å²) in [7, 11) is 0. The van der Waals surface area contributed by atoms with Gasteiger partial charge in [0.1, 0.15) is 12.1 Å². The monoisotopic (exact) mass is 342 g/mol. The molecule has 0 atom stereocenters. The van der Waals surface area contributed by atoms with Crippen LogP contribution in [0, 0.1) is 13.8 Å². The smallest absolute Gasteiger partial charge is 0.320 e. The summed E-state index contributed by atoms with van der Waals surface area (Å²) in [6, 6.07) is 5.22. The normalized spacial score (nSPS) is 15.0. The van der Waals surface area contributed by atoms with E-state index in [9.17, 15) is 9.59 Å². The molecule has 1 aliphatic rings. The second kappa shape index (κ2) is 7.38. The maximum atomic E-state index is 12.3. The number of aryl methyl sites for hydroxylation is 2. The summed E-state index contributed by atoms with van der Waals surface area (Å²) in [5.41, 5.74) is 2.47. The van der Waals surface area contributed by atoms with Crippen LogP contribution in [0.4, 0.5) is 10.6 Å². The van der Waals surface area contributed by atoms with Crippen LogP contribution in [-0.4, -0.2) is 41.0 Å². The van der Waals surface area contributed by atoms with Crippen molar-refractivity contribution in [1.29, 1.82) is 0 Å². The van der Waals surface area contributed by atoms with Gasteiger partial charge in [0, 0.05) is 24.8 Å². The highest BCUT2D eigenvalue weighted by Crippen LogP contribution is 2.15. The molecule has 3 heterocycles. The van der Waals surface area contributed by atoms with Crippen molar-refractivity contribution < 1.29 is 14.0 Å². The van der Waals surface area contributed by atoms with Crippen LogP contribution in [0.25, 0.3) is 0 Å². The largest absolute Gasteiger partial charge is 0.472 e. The molecular formula is C18H22N4O3. The number of anilines is 1. The van der Waals surface area contributed by atoms with Crippen molar-refractivity contribution in [1.82, 2.24) is 15.2 Å². The number of hydrogen-bond donors (Lipinski definition) is 2. The number of carbonyl (C=O) groups excluding carboxylic acids is 2. The number of pyridine rings is 1. The Bertz CT molecular complexity index is 729. The maximum Gasteiger partial charge on any atom is 0.320 e. The molecule has 25 heavy (non-hydrogen) atoms. The lowest BCUT2D eigenvalue weighted by Gasteiger charge is -2.32. The Kier molecular flexibility index (Phi) is 5.02. The molecule has 1 saturated heterocycles. The zero-order valence-electron chi connectivity index (χ0n) is 14.4. The van der Waals surface area contributed by atoms with Crippen LogP contribution >= 0.6 is 0 Å². The highest BCUT2D eigenvalue weighted by molar-refractivity contribution is 5.94.